The summed E-state index contributed by atoms with van der Waals surface area (Å²) in [5, 5.41) is 0.776. The number of aromatic nitrogens is 1. The van der Waals surface area contributed by atoms with Gasteiger partial charge in [-0.2, -0.15) is 0 Å². The Morgan fingerprint density at radius 1 is 1.18 bits per heavy atom. The van der Waals surface area contributed by atoms with Crippen molar-refractivity contribution in [2.75, 3.05) is 12.0 Å². The minimum absolute atomic E-state index is 0.0890. The molecule has 1 N–H and O–H groups in total. The zero-order chi connectivity index (χ0) is 15.7. The van der Waals surface area contributed by atoms with Gasteiger partial charge in [-0.05, 0) is 23.3 Å². The molecule has 3 aromatic rings. The van der Waals surface area contributed by atoms with Crippen molar-refractivity contribution >= 4 is 27.9 Å². The van der Waals surface area contributed by atoms with Gasteiger partial charge in [0.15, 0.2) is 5.75 Å². The molecule has 0 spiro atoms. The van der Waals surface area contributed by atoms with Gasteiger partial charge in [0.05, 0.1) is 11.9 Å². The van der Waals surface area contributed by atoms with E-state index in [0.717, 1.165) is 10.9 Å². The first kappa shape index (κ1) is 14.8. The number of aromatic amines is 1. The van der Waals surface area contributed by atoms with Crippen LogP contribution in [0.3, 0.4) is 0 Å². The lowest BCUT2D eigenvalue weighted by Crippen LogP contribution is -2.15. The number of fused-ring (bicyclic) bond motifs is 1. The number of nitrogens with one attached hydrogen (secondary N) is 1. The normalized spacial score (nSPS) is 12.5. The van der Waals surface area contributed by atoms with Crippen LogP contribution in [0.1, 0.15) is 10.5 Å². The monoisotopic (exact) mass is 315 g/mol. The average Bonchev–Trinajstić information content (AvgIpc) is 2.86. The summed E-state index contributed by atoms with van der Waals surface area (Å²) in [6.45, 7) is 0. The second-order valence-corrected chi connectivity index (χ2v) is 6.48. The maximum absolute atomic E-state index is 14.2. The molecule has 0 amide bonds. The van der Waals surface area contributed by atoms with Gasteiger partial charge in [-0.15, -0.1) is 0 Å². The van der Waals surface area contributed by atoms with Crippen molar-refractivity contribution < 1.29 is 13.7 Å². The molecule has 0 aliphatic carbocycles. The smallest absolute Gasteiger partial charge is 0.228 e. The van der Waals surface area contributed by atoms with Crippen LogP contribution in [-0.2, 0) is 11.2 Å². The summed E-state index contributed by atoms with van der Waals surface area (Å²) in [6.07, 6.45) is 1.48. The largest absolute Gasteiger partial charge is 0.616 e. The highest BCUT2D eigenvalue weighted by Gasteiger charge is 2.23. The van der Waals surface area contributed by atoms with Crippen LogP contribution in [0.5, 0.6) is 0 Å². The molecule has 0 radical (unpaired) electrons. The fourth-order valence-electron chi connectivity index (χ4n) is 2.55. The van der Waals surface area contributed by atoms with Gasteiger partial charge in [0, 0.05) is 22.0 Å². The molecule has 1 atom stereocenters. The number of rotatable bonds is 4. The highest BCUT2D eigenvalue weighted by atomic mass is 32.2. The Morgan fingerprint density at radius 3 is 2.59 bits per heavy atom. The summed E-state index contributed by atoms with van der Waals surface area (Å²) in [7, 11) is 0. The lowest BCUT2D eigenvalue weighted by Gasteiger charge is -2.07. The van der Waals surface area contributed by atoms with Crippen LogP contribution < -0.4 is 0 Å². The number of para-hydroxylation sites is 1. The van der Waals surface area contributed by atoms with Crippen molar-refractivity contribution in [1.29, 1.82) is 0 Å². The molecule has 5 heteroatoms. The number of H-pyrrole nitrogens is 1. The molecular weight excluding hydrogens is 301 g/mol. The van der Waals surface area contributed by atoms with E-state index in [1.165, 1.54) is 12.3 Å². The second kappa shape index (κ2) is 5.94. The van der Waals surface area contributed by atoms with E-state index < -0.39 is 11.2 Å². The van der Waals surface area contributed by atoms with Crippen LogP contribution in [0.15, 0.2) is 48.5 Å². The van der Waals surface area contributed by atoms with Crippen LogP contribution in [-0.4, -0.2) is 27.3 Å². The Bertz CT molecular complexity index is 842. The topological polar surface area (TPSA) is 55.9 Å². The molecule has 3 nitrogen and oxygen atoms in total. The van der Waals surface area contributed by atoms with E-state index in [1.54, 1.807) is 18.2 Å². The van der Waals surface area contributed by atoms with Gasteiger partial charge in [-0.25, -0.2) is 4.39 Å². The van der Waals surface area contributed by atoms with Crippen LogP contribution in [0.2, 0.25) is 0 Å². The first-order valence-corrected chi connectivity index (χ1v) is 8.49. The van der Waals surface area contributed by atoms with Gasteiger partial charge < -0.3 is 9.54 Å². The number of carbonyl (C=O) groups excluding carboxylic acids is 1. The zero-order valence-corrected chi connectivity index (χ0v) is 12.7. The molecule has 2 aromatic carbocycles. The van der Waals surface area contributed by atoms with Crippen molar-refractivity contribution in [2.24, 2.45) is 0 Å². The summed E-state index contributed by atoms with van der Waals surface area (Å²) in [6, 6.07) is 13.7. The highest BCUT2D eigenvalue weighted by Crippen LogP contribution is 2.34. The lowest BCUT2D eigenvalue weighted by atomic mass is 10.00. The highest BCUT2D eigenvalue weighted by molar-refractivity contribution is 7.91. The van der Waals surface area contributed by atoms with Crippen molar-refractivity contribution in [3.8, 4) is 11.1 Å². The Kier molecular flexibility index (Phi) is 4.00. The molecule has 3 rings (SSSR count). The number of ketones is 1. The minimum atomic E-state index is -1.25. The minimum Gasteiger partial charge on any atom is -0.616 e. The van der Waals surface area contributed by atoms with Crippen molar-refractivity contribution in [3.63, 3.8) is 0 Å². The molecule has 1 aromatic heterocycles. The molecule has 22 heavy (non-hydrogen) atoms. The summed E-state index contributed by atoms with van der Waals surface area (Å²) >= 11 is -1.25. The maximum atomic E-state index is 14.2. The number of halogens is 1. The van der Waals surface area contributed by atoms with Crippen LogP contribution in [0, 0.1) is 5.82 Å². The van der Waals surface area contributed by atoms with Gasteiger partial charge >= 0.3 is 0 Å². The summed E-state index contributed by atoms with van der Waals surface area (Å²) in [4.78, 5) is 15.4. The van der Waals surface area contributed by atoms with E-state index in [4.69, 9.17) is 0 Å². The van der Waals surface area contributed by atoms with Crippen LogP contribution >= 0.6 is 0 Å². The van der Waals surface area contributed by atoms with Crippen LogP contribution in [0.4, 0.5) is 4.39 Å². The van der Waals surface area contributed by atoms with Gasteiger partial charge in [-0.3, -0.25) is 4.79 Å². The van der Waals surface area contributed by atoms with E-state index in [0.29, 0.717) is 16.8 Å². The molecule has 0 fully saturated rings. The summed E-state index contributed by atoms with van der Waals surface area (Å²) in [5.74, 6) is -0.761. The van der Waals surface area contributed by atoms with Gasteiger partial charge in [0.2, 0.25) is 5.78 Å². The Morgan fingerprint density at radius 2 is 1.86 bits per heavy atom. The maximum Gasteiger partial charge on any atom is 0.228 e. The quantitative estimate of drug-likeness (QED) is 0.591. The van der Waals surface area contributed by atoms with Gasteiger partial charge in [0.1, 0.15) is 5.82 Å². The van der Waals surface area contributed by atoms with Crippen LogP contribution in [0.25, 0.3) is 22.0 Å². The first-order valence-electron chi connectivity index (χ1n) is 6.76. The fourth-order valence-corrected chi connectivity index (χ4v) is 3.07. The number of hydrogen-bond acceptors (Lipinski definition) is 2. The first-order chi connectivity index (χ1) is 10.6. The molecule has 0 bridgehead atoms. The molecule has 0 saturated carbocycles. The van der Waals surface area contributed by atoms with Crippen molar-refractivity contribution in [3.05, 3.63) is 60.0 Å². The third-order valence-electron chi connectivity index (χ3n) is 3.46. The Balaban J connectivity index is 2.26. The summed E-state index contributed by atoms with van der Waals surface area (Å²) in [5.41, 5.74) is 1.96. The third kappa shape index (κ3) is 2.65. The molecule has 0 aliphatic rings. The van der Waals surface area contributed by atoms with Gasteiger partial charge in [0.25, 0.3) is 0 Å². The van der Waals surface area contributed by atoms with E-state index in [-0.39, 0.29) is 17.4 Å². The molecule has 1 heterocycles. The molecule has 0 saturated heterocycles. The Hall–Kier alpha value is -2.11. The van der Waals surface area contributed by atoms with E-state index in [9.17, 15) is 13.7 Å². The van der Waals surface area contributed by atoms with E-state index in [2.05, 4.69) is 4.98 Å². The number of Topliss-reactive ketones (excluding diaryl/α,β-unsaturated/α-hetero) is 1. The zero-order valence-electron chi connectivity index (χ0n) is 11.9. The third-order valence-corrected chi connectivity index (χ3v) is 4.13. The predicted molar refractivity (Wildman–Crippen MR) is 87.0 cm³/mol. The standard InChI is InChI=1S/C17H14FNO2S/c1-22(21)10-15(20)17-16(11-6-2-4-8-13(11)18)12-7-3-5-9-14(12)19-17/h2-9,19H,10H2,1H3. The van der Waals surface area contributed by atoms with E-state index in [1.807, 2.05) is 24.3 Å². The van der Waals surface area contributed by atoms with Gasteiger partial charge in [-0.1, -0.05) is 36.4 Å². The van der Waals surface area contributed by atoms with E-state index >= 15 is 0 Å². The molecule has 0 aliphatic heterocycles. The second-order valence-electron chi connectivity index (χ2n) is 5.04. The fraction of sp³-hybridized carbons (Fsp3) is 0.118. The SMILES string of the molecule is C[S+]([O-])CC(=O)c1[nH]c2ccccc2c1-c1ccccc1F. The number of benzene rings is 2. The predicted octanol–water partition coefficient (Wildman–Crippen LogP) is 3.54. The van der Waals surface area contributed by atoms with Crippen molar-refractivity contribution in [2.45, 2.75) is 0 Å². The van der Waals surface area contributed by atoms with Crippen molar-refractivity contribution in [1.82, 2.24) is 4.98 Å². The lowest BCUT2D eigenvalue weighted by molar-refractivity contribution is 0.101. The molecule has 112 valence electrons. The average molecular weight is 315 g/mol. The Labute approximate surface area is 130 Å². The summed E-state index contributed by atoms with van der Waals surface area (Å²) < 4.78 is 25.6. The molecule has 1 unspecified atom stereocenters. The molecular formula is C17H14FNO2S. The number of hydrogen-bond donors (Lipinski definition) is 1. The number of carbonyl (C=O) groups is 1.